The number of nitrogens with zero attached hydrogens (tertiary/aromatic N) is 5. The van der Waals surface area contributed by atoms with Crippen molar-refractivity contribution in [2.75, 3.05) is 6.54 Å². The van der Waals surface area contributed by atoms with Gasteiger partial charge in [0, 0.05) is 36.9 Å². The summed E-state index contributed by atoms with van der Waals surface area (Å²) in [6.45, 7) is 4.70. The molecule has 7 nitrogen and oxygen atoms in total. The van der Waals surface area contributed by atoms with E-state index in [1.54, 1.807) is 23.1 Å². The van der Waals surface area contributed by atoms with Crippen molar-refractivity contribution in [3.8, 4) is 17.1 Å². The highest BCUT2D eigenvalue weighted by Gasteiger charge is 2.16. The zero-order chi connectivity index (χ0) is 18.8. The summed E-state index contributed by atoms with van der Waals surface area (Å²) in [6, 6.07) is 7.52. The highest BCUT2D eigenvalue weighted by molar-refractivity contribution is 5.95. The summed E-state index contributed by atoms with van der Waals surface area (Å²) in [4.78, 5) is 21.3. The van der Waals surface area contributed by atoms with Gasteiger partial charge in [-0.05, 0) is 37.1 Å². The van der Waals surface area contributed by atoms with Crippen LogP contribution >= 0.6 is 0 Å². The Morgan fingerprint density at radius 3 is 2.93 bits per heavy atom. The molecule has 4 aromatic rings. The summed E-state index contributed by atoms with van der Waals surface area (Å²) in [5, 5.41) is 7.27. The number of benzene rings is 1. The van der Waals surface area contributed by atoms with Crippen molar-refractivity contribution >= 4 is 11.6 Å². The van der Waals surface area contributed by atoms with E-state index in [4.69, 9.17) is 0 Å². The summed E-state index contributed by atoms with van der Waals surface area (Å²) >= 11 is 0. The second-order valence-corrected chi connectivity index (χ2v) is 6.32. The molecule has 3 aromatic heterocycles. The molecule has 0 atom stereocenters. The minimum absolute atomic E-state index is 0.0718. The summed E-state index contributed by atoms with van der Waals surface area (Å²) in [7, 11) is 0. The van der Waals surface area contributed by atoms with Crippen molar-refractivity contribution in [2.45, 2.75) is 20.3 Å². The van der Waals surface area contributed by atoms with Crippen LogP contribution in [0.1, 0.15) is 29.3 Å². The van der Waals surface area contributed by atoms with E-state index in [1.165, 1.54) is 0 Å². The van der Waals surface area contributed by atoms with Crippen LogP contribution < -0.4 is 5.32 Å². The van der Waals surface area contributed by atoms with Crippen molar-refractivity contribution in [3.63, 3.8) is 0 Å². The average Bonchev–Trinajstić information content (AvgIpc) is 3.33. The molecule has 1 N–H and O–H groups in total. The smallest absolute Gasteiger partial charge is 0.251 e. The van der Waals surface area contributed by atoms with Crippen LogP contribution in [0.3, 0.4) is 0 Å². The third kappa shape index (κ3) is 3.08. The average molecular weight is 360 g/mol. The summed E-state index contributed by atoms with van der Waals surface area (Å²) in [5.41, 5.74) is 4.15. The van der Waals surface area contributed by atoms with Crippen molar-refractivity contribution in [1.82, 2.24) is 29.5 Å². The van der Waals surface area contributed by atoms with Crippen LogP contribution in [-0.2, 0) is 0 Å². The van der Waals surface area contributed by atoms with E-state index in [0.29, 0.717) is 12.1 Å². The van der Waals surface area contributed by atoms with Gasteiger partial charge in [0.1, 0.15) is 5.82 Å². The fourth-order valence-electron chi connectivity index (χ4n) is 3.03. The summed E-state index contributed by atoms with van der Waals surface area (Å²) in [5.74, 6) is 0.662. The zero-order valence-corrected chi connectivity index (χ0v) is 15.3. The quantitative estimate of drug-likeness (QED) is 0.593. The molecule has 0 radical (unpaired) electrons. The van der Waals surface area contributed by atoms with E-state index in [1.807, 2.05) is 55.1 Å². The van der Waals surface area contributed by atoms with Gasteiger partial charge in [0.2, 0.25) is 0 Å². The number of amides is 1. The number of aryl methyl sites for hydroxylation is 1. The molecule has 0 saturated carbocycles. The van der Waals surface area contributed by atoms with E-state index in [-0.39, 0.29) is 5.91 Å². The number of hydrogen-bond acceptors (Lipinski definition) is 4. The zero-order valence-electron chi connectivity index (χ0n) is 15.3. The highest BCUT2D eigenvalue weighted by atomic mass is 16.1. The minimum Gasteiger partial charge on any atom is -0.352 e. The highest BCUT2D eigenvalue weighted by Crippen LogP contribution is 2.26. The Hall–Kier alpha value is -3.48. The van der Waals surface area contributed by atoms with Crippen LogP contribution in [0.25, 0.3) is 22.7 Å². The largest absolute Gasteiger partial charge is 0.352 e. The molecule has 3 heterocycles. The first-order valence-corrected chi connectivity index (χ1v) is 8.90. The topological polar surface area (TPSA) is 77.1 Å². The molecule has 0 aliphatic carbocycles. The Kier molecular flexibility index (Phi) is 4.42. The van der Waals surface area contributed by atoms with E-state index in [9.17, 15) is 4.79 Å². The molecule has 4 rings (SSSR count). The second-order valence-electron chi connectivity index (χ2n) is 6.32. The predicted octanol–water partition coefficient (Wildman–Crippen LogP) is 3.03. The first kappa shape index (κ1) is 17.0. The third-order valence-corrected chi connectivity index (χ3v) is 4.43. The Morgan fingerprint density at radius 2 is 2.07 bits per heavy atom. The lowest BCUT2D eigenvalue weighted by atomic mass is 10.1. The SMILES string of the molecule is CCCNC(=O)c1ccc(C)c(-n2ccnc2-c2cnn3cccnc23)c1. The van der Waals surface area contributed by atoms with Crippen LogP contribution in [0.5, 0.6) is 0 Å². The lowest BCUT2D eigenvalue weighted by molar-refractivity contribution is 0.0953. The number of fused-ring (bicyclic) bond motifs is 1. The Morgan fingerprint density at radius 1 is 1.19 bits per heavy atom. The predicted molar refractivity (Wildman–Crippen MR) is 103 cm³/mol. The van der Waals surface area contributed by atoms with Gasteiger partial charge >= 0.3 is 0 Å². The molecule has 27 heavy (non-hydrogen) atoms. The standard InChI is InChI=1S/C20H20N6O/c1-3-7-23-20(27)15-6-5-14(2)17(12-15)25-11-9-22-18(25)16-13-24-26-10-4-8-21-19(16)26/h4-6,8-13H,3,7H2,1-2H3,(H,23,27). The number of hydrogen-bond donors (Lipinski definition) is 1. The molecule has 1 amide bonds. The van der Waals surface area contributed by atoms with Gasteiger partial charge in [0.05, 0.1) is 17.4 Å². The fraction of sp³-hybridized carbons (Fsp3) is 0.200. The Balaban J connectivity index is 1.80. The van der Waals surface area contributed by atoms with Gasteiger partial charge in [-0.3, -0.25) is 9.36 Å². The number of carbonyl (C=O) groups is 1. The molecule has 0 aliphatic heterocycles. The van der Waals surface area contributed by atoms with Gasteiger partial charge in [-0.1, -0.05) is 13.0 Å². The molecule has 0 aliphatic rings. The molecular weight excluding hydrogens is 340 g/mol. The van der Waals surface area contributed by atoms with E-state index >= 15 is 0 Å². The number of rotatable bonds is 5. The van der Waals surface area contributed by atoms with Gasteiger partial charge in [-0.25, -0.2) is 14.5 Å². The van der Waals surface area contributed by atoms with Gasteiger partial charge in [0.25, 0.3) is 5.91 Å². The molecule has 1 aromatic carbocycles. The van der Waals surface area contributed by atoms with Crippen molar-refractivity contribution in [1.29, 1.82) is 0 Å². The summed E-state index contributed by atoms with van der Waals surface area (Å²) in [6.07, 6.45) is 9.87. The van der Waals surface area contributed by atoms with Crippen molar-refractivity contribution < 1.29 is 4.79 Å². The molecule has 0 saturated heterocycles. The fourth-order valence-corrected chi connectivity index (χ4v) is 3.03. The van der Waals surface area contributed by atoms with E-state index in [2.05, 4.69) is 20.4 Å². The monoisotopic (exact) mass is 360 g/mol. The molecular formula is C20H20N6O. The molecule has 0 bridgehead atoms. The van der Waals surface area contributed by atoms with Crippen molar-refractivity contribution in [3.05, 3.63) is 66.4 Å². The summed E-state index contributed by atoms with van der Waals surface area (Å²) < 4.78 is 3.69. The van der Waals surface area contributed by atoms with Gasteiger partial charge in [-0.2, -0.15) is 5.10 Å². The van der Waals surface area contributed by atoms with Gasteiger partial charge < -0.3 is 5.32 Å². The molecule has 7 heteroatoms. The Labute approximate surface area is 156 Å². The van der Waals surface area contributed by atoms with Gasteiger partial charge in [-0.15, -0.1) is 0 Å². The van der Waals surface area contributed by atoms with Crippen LogP contribution in [0.2, 0.25) is 0 Å². The molecule has 0 unspecified atom stereocenters. The Bertz CT molecular complexity index is 1110. The lowest BCUT2D eigenvalue weighted by Crippen LogP contribution is -2.24. The first-order chi connectivity index (χ1) is 13.2. The normalized spacial score (nSPS) is 11.0. The van der Waals surface area contributed by atoms with E-state index in [0.717, 1.165) is 34.7 Å². The molecule has 0 spiro atoms. The minimum atomic E-state index is -0.0718. The lowest BCUT2D eigenvalue weighted by Gasteiger charge is -2.12. The molecule has 0 fully saturated rings. The van der Waals surface area contributed by atoms with E-state index < -0.39 is 0 Å². The number of imidazole rings is 1. The van der Waals surface area contributed by atoms with Crippen LogP contribution in [0.15, 0.2) is 55.2 Å². The van der Waals surface area contributed by atoms with Crippen LogP contribution in [-0.4, -0.2) is 36.6 Å². The first-order valence-electron chi connectivity index (χ1n) is 8.90. The third-order valence-electron chi connectivity index (χ3n) is 4.43. The van der Waals surface area contributed by atoms with Gasteiger partial charge in [0.15, 0.2) is 5.65 Å². The maximum absolute atomic E-state index is 12.4. The maximum Gasteiger partial charge on any atom is 0.251 e. The van der Waals surface area contributed by atoms with Crippen molar-refractivity contribution in [2.24, 2.45) is 0 Å². The van der Waals surface area contributed by atoms with Crippen LogP contribution in [0.4, 0.5) is 0 Å². The maximum atomic E-state index is 12.4. The van der Waals surface area contributed by atoms with Crippen LogP contribution in [0, 0.1) is 6.92 Å². The number of carbonyl (C=O) groups excluding carboxylic acids is 1. The second kappa shape index (κ2) is 7.03. The number of nitrogens with one attached hydrogen (secondary N) is 1. The molecule has 136 valence electrons. The number of aromatic nitrogens is 5.